The maximum atomic E-state index is 12.1. The van der Waals surface area contributed by atoms with Gasteiger partial charge in [0.25, 0.3) is 0 Å². The van der Waals surface area contributed by atoms with Crippen LogP contribution in [-0.4, -0.2) is 26.0 Å². The Kier molecular flexibility index (Phi) is 5.17. The molecular formula is C12H14F3NO3. The normalized spacial score (nSPS) is 12.9. The van der Waals surface area contributed by atoms with Crippen LogP contribution in [0.25, 0.3) is 0 Å². The van der Waals surface area contributed by atoms with Crippen LogP contribution in [0.4, 0.5) is 13.2 Å². The van der Waals surface area contributed by atoms with Crippen molar-refractivity contribution < 1.29 is 27.4 Å². The van der Waals surface area contributed by atoms with E-state index in [4.69, 9.17) is 0 Å². The fourth-order valence-electron chi connectivity index (χ4n) is 1.55. The predicted octanol–water partition coefficient (Wildman–Crippen LogP) is 2.41. The van der Waals surface area contributed by atoms with Crippen molar-refractivity contribution in [1.29, 1.82) is 0 Å². The molecule has 1 N–H and O–H groups in total. The molecule has 0 bridgehead atoms. The maximum Gasteiger partial charge on any atom is 0.573 e. The topological polar surface area (TPSA) is 47.6 Å². The molecule has 1 atom stereocenters. The van der Waals surface area contributed by atoms with Crippen LogP contribution in [-0.2, 0) is 9.53 Å². The molecule has 1 aromatic rings. The molecular weight excluding hydrogens is 263 g/mol. The van der Waals surface area contributed by atoms with E-state index in [-0.39, 0.29) is 5.75 Å². The summed E-state index contributed by atoms with van der Waals surface area (Å²) >= 11 is 0. The molecule has 0 amide bonds. The first-order valence-corrected chi connectivity index (χ1v) is 5.54. The fourth-order valence-corrected chi connectivity index (χ4v) is 1.55. The van der Waals surface area contributed by atoms with Crippen molar-refractivity contribution in [3.05, 3.63) is 29.8 Å². The summed E-state index contributed by atoms with van der Waals surface area (Å²) in [6, 6.07) is 4.39. The van der Waals surface area contributed by atoms with Crippen LogP contribution in [0.15, 0.2) is 24.3 Å². The lowest BCUT2D eigenvalue weighted by molar-refractivity contribution is -0.274. The Morgan fingerprint density at radius 3 is 2.63 bits per heavy atom. The second kappa shape index (κ2) is 6.42. The number of ether oxygens (including phenoxy) is 2. The van der Waals surface area contributed by atoms with Crippen LogP contribution < -0.4 is 10.1 Å². The van der Waals surface area contributed by atoms with Crippen LogP contribution in [0.2, 0.25) is 0 Å². The highest BCUT2D eigenvalue weighted by Gasteiger charge is 2.31. The van der Waals surface area contributed by atoms with Crippen LogP contribution in [0.1, 0.15) is 18.5 Å². The van der Waals surface area contributed by atoms with E-state index in [2.05, 4.69) is 14.8 Å². The summed E-state index contributed by atoms with van der Waals surface area (Å²) < 4.78 is 44.8. The van der Waals surface area contributed by atoms with Crippen LogP contribution in [0.5, 0.6) is 5.75 Å². The minimum Gasteiger partial charge on any atom is -0.468 e. The zero-order valence-corrected chi connectivity index (χ0v) is 10.5. The molecule has 19 heavy (non-hydrogen) atoms. The predicted molar refractivity (Wildman–Crippen MR) is 61.6 cm³/mol. The molecule has 0 saturated carbocycles. The molecule has 1 aromatic carbocycles. The van der Waals surface area contributed by atoms with Gasteiger partial charge in [-0.1, -0.05) is 19.1 Å². The Hall–Kier alpha value is -1.76. The first-order valence-electron chi connectivity index (χ1n) is 5.54. The van der Waals surface area contributed by atoms with Gasteiger partial charge < -0.3 is 14.8 Å². The number of hydrogen-bond acceptors (Lipinski definition) is 4. The van der Waals surface area contributed by atoms with Crippen LogP contribution >= 0.6 is 0 Å². The van der Waals surface area contributed by atoms with E-state index in [1.807, 2.05) is 0 Å². The number of carbonyl (C=O) groups is 1. The van der Waals surface area contributed by atoms with Crippen molar-refractivity contribution in [3.63, 3.8) is 0 Å². The van der Waals surface area contributed by atoms with Gasteiger partial charge in [-0.2, -0.15) is 0 Å². The van der Waals surface area contributed by atoms with Gasteiger partial charge in [0.05, 0.1) is 7.11 Å². The molecule has 0 saturated heterocycles. The number of nitrogens with one attached hydrogen (secondary N) is 1. The smallest absolute Gasteiger partial charge is 0.468 e. The van der Waals surface area contributed by atoms with Crippen molar-refractivity contribution in [3.8, 4) is 5.75 Å². The summed E-state index contributed by atoms with van der Waals surface area (Å²) in [5.41, 5.74) is 0.343. The highest BCUT2D eigenvalue weighted by atomic mass is 19.4. The largest absolute Gasteiger partial charge is 0.573 e. The van der Waals surface area contributed by atoms with Gasteiger partial charge in [-0.25, -0.2) is 4.79 Å². The molecule has 0 spiro atoms. The number of halogens is 3. The lowest BCUT2D eigenvalue weighted by Gasteiger charge is -2.17. The third-order valence-electron chi connectivity index (χ3n) is 2.27. The Bertz CT molecular complexity index is 434. The van der Waals surface area contributed by atoms with E-state index < -0.39 is 18.4 Å². The van der Waals surface area contributed by atoms with E-state index in [9.17, 15) is 18.0 Å². The molecule has 1 rings (SSSR count). The summed E-state index contributed by atoms with van der Waals surface area (Å²) in [6.07, 6.45) is -4.77. The monoisotopic (exact) mass is 277 g/mol. The number of hydrogen-bond donors (Lipinski definition) is 1. The van der Waals surface area contributed by atoms with Gasteiger partial charge in [0.2, 0.25) is 0 Å². The molecule has 0 radical (unpaired) electrons. The van der Waals surface area contributed by atoms with Crippen LogP contribution in [0.3, 0.4) is 0 Å². The second-order valence-electron chi connectivity index (χ2n) is 3.63. The van der Waals surface area contributed by atoms with Gasteiger partial charge in [0.15, 0.2) is 0 Å². The number of rotatable bonds is 5. The van der Waals surface area contributed by atoms with Crippen molar-refractivity contribution in [2.75, 3.05) is 13.7 Å². The molecule has 7 heteroatoms. The number of carbonyl (C=O) groups excluding carboxylic acids is 1. The molecule has 4 nitrogen and oxygen atoms in total. The minimum absolute atomic E-state index is 0.343. The standard InChI is InChI=1S/C12H14F3NO3/c1-3-16-10(11(17)18-2)8-5-4-6-9(7-8)19-12(13,14)15/h4-7,10,16H,3H2,1-2H3. The average Bonchev–Trinajstić information content (AvgIpc) is 2.33. The minimum atomic E-state index is -4.77. The molecule has 106 valence electrons. The SMILES string of the molecule is CCNC(C(=O)OC)c1cccc(OC(F)(F)F)c1. The third-order valence-corrected chi connectivity index (χ3v) is 2.27. The summed E-state index contributed by atoms with van der Waals surface area (Å²) in [5, 5.41) is 2.83. The summed E-state index contributed by atoms with van der Waals surface area (Å²) in [4.78, 5) is 11.6. The highest BCUT2D eigenvalue weighted by Crippen LogP contribution is 2.25. The van der Waals surface area contributed by atoms with Gasteiger partial charge in [-0.3, -0.25) is 0 Å². The van der Waals surface area contributed by atoms with Crippen molar-refractivity contribution >= 4 is 5.97 Å². The first kappa shape index (κ1) is 15.3. The average molecular weight is 277 g/mol. The highest BCUT2D eigenvalue weighted by molar-refractivity contribution is 5.77. The molecule has 0 heterocycles. The van der Waals surface area contributed by atoms with E-state index >= 15 is 0 Å². The summed E-state index contributed by atoms with van der Waals surface area (Å²) in [6.45, 7) is 2.23. The number of likely N-dealkylation sites (N-methyl/N-ethyl adjacent to an activating group) is 1. The van der Waals surface area contributed by atoms with Crippen LogP contribution in [0, 0.1) is 0 Å². The summed E-state index contributed by atoms with van der Waals surface area (Å²) in [5.74, 6) is -0.956. The van der Waals surface area contributed by atoms with Gasteiger partial charge in [0, 0.05) is 0 Å². The lowest BCUT2D eigenvalue weighted by Crippen LogP contribution is -2.29. The molecule has 0 aliphatic rings. The Balaban J connectivity index is 2.98. The molecule has 1 unspecified atom stereocenters. The number of benzene rings is 1. The second-order valence-corrected chi connectivity index (χ2v) is 3.63. The van der Waals surface area contributed by atoms with Gasteiger partial charge >= 0.3 is 12.3 Å². The zero-order chi connectivity index (χ0) is 14.5. The maximum absolute atomic E-state index is 12.1. The van der Waals surface area contributed by atoms with Crippen molar-refractivity contribution in [1.82, 2.24) is 5.32 Å². The Morgan fingerprint density at radius 1 is 1.42 bits per heavy atom. The van der Waals surface area contributed by atoms with Gasteiger partial charge in [-0.15, -0.1) is 13.2 Å². The Morgan fingerprint density at radius 2 is 2.11 bits per heavy atom. The molecule has 0 aliphatic carbocycles. The number of esters is 1. The zero-order valence-electron chi connectivity index (χ0n) is 10.5. The number of alkyl halides is 3. The summed E-state index contributed by atoms with van der Waals surface area (Å²) in [7, 11) is 1.21. The van der Waals surface area contributed by atoms with E-state index in [0.29, 0.717) is 12.1 Å². The molecule has 0 fully saturated rings. The van der Waals surface area contributed by atoms with E-state index in [1.165, 1.54) is 19.2 Å². The molecule has 0 aromatic heterocycles. The third kappa shape index (κ3) is 4.78. The fraction of sp³-hybridized carbons (Fsp3) is 0.417. The number of methoxy groups -OCH3 is 1. The van der Waals surface area contributed by atoms with Gasteiger partial charge in [-0.05, 0) is 24.2 Å². The quantitative estimate of drug-likeness (QED) is 0.840. The van der Waals surface area contributed by atoms with Gasteiger partial charge in [0.1, 0.15) is 11.8 Å². The Labute approximate surface area is 108 Å². The van der Waals surface area contributed by atoms with Crippen molar-refractivity contribution in [2.45, 2.75) is 19.3 Å². The molecule has 0 aliphatic heterocycles. The van der Waals surface area contributed by atoms with E-state index in [0.717, 1.165) is 12.1 Å². The first-order chi connectivity index (χ1) is 8.87. The lowest BCUT2D eigenvalue weighted by atomic mass is 10.1. The van der Waals surface area contributed by atoms with E-state index in [1.54, 1.807) is 6.92 Å². The van der Waals surface area contributed by atoms with Crippen molar-refractivity contribution in [2.24, 2.45) is 0 Å².